The number of nitrogens with zero attached hydrogens (tertiary/aromatic N) is 1. The first-order valence-electron chi connectivity index (χ1n) is 5.74. The second kappa shape index (κ2) is 8.40. The molecule has 1 aliphatic rings. The van der Waals surface area contributed by atoms with E-state index in [9.17, 15) is 9.59 Å². The Morgan fingerprint density at radius 3 is 2.67 bits per heavy atom. The molecule has 0 aromatic rings. The van der Waals surface area contributed by atoms with E-state index in [0.29, 0.717) is 5.57 Å². The summed E-state index contributed by atoms with van der Waals surface area (Å²) < 4.78 is 3.26. The van der Waals surface area contributed by atoms with E-state index in [1.165, 1.54) is 4.90 Å². The van der Waals surface area contributed by atoms with E-state index in [2.05, 4.69) is 18.5 Å². The SMILES string of the molecule is C=C(C)C(C(=O)OCC(Cl)(Cl)Cl)N1C(=O)C(N)C1[S][Hg][Br]. The van der Waals surface area contributed by atoms with Gasteiger partial charge in [0.05, 0.1) is 0 Å². The van der Waals surface area contributed by atoms with Gasteiger partial charge in [0, 0.05) is 0 Å². The molecule has 1 heterocycles. The average molecular weight is 627 g/mol. The van der Waals surface area contributed by atoms with Crippen molar-refractivity contribution in [3.8, 4) is 0 Å². The molecule has 2 N–H and O–H groups in total. The molecule has 11 heteroatoms. The van der Waals surface area contributed by atoms with Crippen LogP contribution in [-0.4, -0.2) is 44.6 Å². The van der Waals surface area contributed by atoms with Crippen LogP contribution in [0.1, 0.15) is 6.92 Å². The molecule has 1 amide bonds. The number of β-lactam (4-membered cyclic amide) rings is 1. The maximum atomic E-state index is 12.2. The van der Waals surface area contributed by atoms with Gasteiger partial charge in [-0.3, -0.25) is 0 Å². The van der Waals surface area contributed by atoms with E-state index in [4.69, 9.17) is 45.3 Å². The van der Waals surface area contributed by atoms with Crippen molar-refractivity contribution in [3.63, 3.8) is 0 Å². The number of hydrogen-bond donors (Lipinski definition) is 1. The van der Waals surface area contributed by atoms with Crippen LogP contribution >= 0.6 is 55.0 Å². The van der Waals surface area contributed by atoms with Crippen molar-refractivity contribution in [2.75, 3.05) is 6.61 Å². The quantitative estimate of drug-likeness (QED) is 0.161. The molecule has 1 aliphatic heterocycles. The van der Waals surface area contributed by atoms with Crippen molar-refractivity contribution >= 4 is 66.8 Å². The molecule has 0 radical (unpaired) electrons. The van der Waals surface area contributed by atoms with E-state index in [-0.39, 0.29) is 11.3 Å². The Kier molecular flexibility index (Phi) is 8.12. The summed E-state index contributed by atoms with van der Waals surface area (Å²) in [5.41, 5.74) is 6.26. The van der Waals surface area contributed by atoms with Crippen molar-refractivity contribution in [1.82, 2.24) is 4.90 Å². The predicted octanol–water partition coefficient (Wildman–Crippen LogP) is 2.38. The average Bonchev–Trinajstić information content (AvgIpc) is 2.38. The van der Waals surface area contributed by atoms with Gasteiger partial charge in [0.2, 0.25) is 0 Å². The Morgan fingerprint density at radius 1 is 1.67 bits per heavy atom. The number of hydrogen-bond acceptors (Lipinski definition) is 5. The molecule has 116 valence electrons. The minimum absolute atomic E-state index is 0.236. The second-order valence-electron chi connectivity index (χ2n) is 4.41. The summed E-state index contributed by atoms with van der Waals surface area (Å²) in [4.78, 5) is 25.5. The number of alkyl halides is 3. The van der Waals surface area contributed by atoms with E-state index in [1.807, 2.05) is 0 Å². The number of carbonyl (C=O) groups excluding carboxylic acids is 2. The van der Waals surface area contributed by atoms with Crippen LogP contribution in [0.4, 0.5) is 0 Å². The van der Waals surface area contributed by atoms with Gasteiger partial charge in [-0.15, -0.1) is 0 Å². The molecule has 0 spiro atoms. The molecule has 5 nitrogen and oxygen atoms in total. The number of carbonyl (C=O) groups is 2. The Labute approximate surface area is 158 Å². The van der Waals surface area contributed by atoms with Gasteiger partial charge < -0.3 is 0 Å². The summed E-state index contributed by atoms with van der Waals surface area (Å²) in [6.07, 6.45) is 0. The molecule has 3 unspecified atom stereocenters. The molecule has 3 atom stereocenters. The number of nitrogens with two attached hydrogens (primary N) is 1. The molecule has 1 rings (SSSR count). The Morgan fingerprint density at radius 2 is 2.24 bits per heavy atom. The van der Waals surface area contributed by atoms with E-state index in [1.54, 1.807) is 15.2 Å². The molecule has 0 bridgehead atoms. The molecular weight excluding hydrogens is 615 g/mol. The standard InChI is InChI=1S/C10H13Cl3N2O3S.BrH.Hg/c1-4(2)6(9(17)18-3-10(11,12)13)15-7(16)5(14)8(15)19;;/h5-6,8,19H,1,3,14H2,2H3;1H;/q;;+2/p-2. The van der Waals surface area contributed by atoms with Gasteiger partial charge in [0.15, 0.2) is 0 Å². The third-order valence-electron chi connectivity index (χ3n) is 2.70. The number of likely N-dealkylation sites (tertiary alicyclic amines) is 1. The third-order valence-corrected chi connectivity index (χ3v) is 16.4. The van der Waals surface area contributed by atoms with Crippen LogP contribution in [-0.2, 0) is 35.0 Å². The van der Waals surface area contributed by atoms with Gasteiger partial charge in [-0.25, -0.2) is 0 Å². The van der Waals surface area contributed by atoms with Crippen molar-refractivity contribution in [2.24, 2.45) is 5.73 Å². The van der Waals surface area contributed by atoms with E-state index in [0.717, 1.165) is 0 Å². The van der Waals surface area contributed by atoms with E-state index < -0.39 is 49.1 Å². The van der Waals surface area contributed by atoms with Crippen molar-refractivity contribution in [3.05, 3.63) is 12.2 Å². The number of esters is 1. The van der Waals surface area contributed by atoms with Gasteiger partial charge in [0.25, 0.3) is 0 Å². The molecule has 0 aliphatic carbocycles. The summed E-state index contributed by atoms with van der Waals surface area (Å²) in [5, 5.41) is -0.236. The second-order valence-corrected chi connectivity index (χ2v) is 26.4. The number of amides is 1. The monoisotopic (exact) mass is 626 g/mol. The van der Waals surface area contributed by atoms with Crippen LogP contribution in [0.5, 0.6) is 0 Å². The number of rotatable bonds is 6. The fourth-order valence-corrected chi connectivity index (χ4v) is 15.7. The summed E-state index contributed by atoms with van der Waals surface area (Å²) in [6, 6.07) is -1.51. The van der Waals surface area contributed by atoms with E-state index >= 15 is 0 Å². The summed E-state index contributed by atoms with van der Waals surface area (Å²) in [7, 11) is 1.62. The van der Waals surface area contributed by atoms with Gasteiger partial charge in [-0.1, -0.05) is 0 Å². The van der Waals surface area contributed by atoms with Crippen LogP contribution in [0.3, 0.4) is 0 Å². The Balaban J connectivity index is 2.84. The summed E-state index contributed by atoms with van der Waals surface area (Å²) in [6.45, 7) is 4.98. The van der Waals surface area contributed by atoms with Gasteiger partial charge >= 0.3 is 159 Å². The van der Waals surface area contributed by atoms with Crippen LogP contribution < -0.4 is 5.73 Å². The zero-order valence-electron chi connectivity index (χ0n) is 11.0. The van der Waals surface area contributed by atoms with Crippen molar-refractivity contribution < 1.29 is 35.0 Å². The number of ether oxygens (including phenoxy) is 1. The molecule has 1 fully saturated rings. The minimum atomic E-state index is -1.70. The molecule has 21 heavy (non-hydrogen) atoms. The van der Waals surface area contributed by atoms with Crippen LogP contribution in [0.15, 0.2) is 12.2 Å². The molecule has 0 aromatic heterocycles. The zero-order chi connectivity index (χ0) is 16.4. The zero-order valence-corrected chi connectivity index (χ0v) is 21.2. The topological polar surface area (TPSA) is 72.6 Å². The van der Waals surface area contributed by atoms with Gasteiger partial charge in [0.1, 0.15) is 0 Å². The van der Waals surface area contributed by atoms with Gasteiger partial charge in [-0.2, -0.15) is 0 Å². The van der Waals surface area contributed by atoms with Crippen LogP contribution in [0.25, 0.3) is 0 Å². The molecule has 0 saturated carbocycles. The third kappa shape index (κ3) is 5.40. The van der Waals surface area contributed by atoms with Crippen LogP contribution in [0, 0.1) is 0 Å². The summed E-state index contributed by atoms with van der Waals surface area (Å²) in [5.74, 6) is -0.980. The van der Waals surface area contributed by atoms with Crippen molar-refractivity contribution in [2.45, 2.75) is 28.2 Å². The first-order chi connectivity index (χ1) is 9.60. The Hall–Kier alpha value is 1.28. The normalized spacial score (nSPS) is 23.1. The Bertz CT molecular complexity index is 452. The number of halogens is 4. The predicted molar refractivity (Wildman–Crippen MR) is 85.0 cm³/mol. The maximum absolute atomic E-state index is 12.2. The first kappa shape index (κ1) is 20.3. The summed E-state index contributed by atoms with van der Waals surface area (Å²) >= 11 is 18.8. The van der Waals surface area contributed by atoms with Gasteiger partial charge in [-0.05, 0) is 0 Å². The van der Waals surface area contributed by atoms with Crippen LogP contribution in [0.2, 0.25) is 0 Å². The van der Waals surface area contributed by atoms with Crippen molar-refractivity contribution in [1.29, 1.82) is 0 Å². The molecule has 1 saturated heterocycles. The fraction of sp³-hybridized carbons (Fsp3) is 0.600. The fourth-order valence-electron chi connectivity index (χ4n) is 1.82. The molecular formula is C10H12BrCl3HgN2O3S. The first-order valence-corrected chi connectivity index (χ1v) is 26.6. The molecule has 0 aromatic carbocycles.